The second-order valence-corrected chi connectivity index (χ2v) is 5.28. The SMILES string of the molecule is CC(NC(=O)c1ccccc1)C(=O)N(C)Cc1nccn1C(F)F. The van der Waals surface area contributed by atoms with E-state index in [9.17, 15) is 18.4 Å². The Labute approximate surface area is 138 Å². The normalized spacial score (nSPS) is 12.0. The van der Waals surface area contributed by atoms with E-state index in [1.807, 2.05) is 0 Å². The Morgan fingerprint density at radius 1 is 1.29 bits per heavy atom. The van der Waals surface area contributed by atoms with E-state index in [4.69, 9.17) is 0 Å². The van der Waals surface area contributed by atoms with Crippen LogP contribution < -0.4 is 5.32 Å². The van der Waals surface area contributed by atoms with Crippen LogP contribution in [0.15, 0.2) is 42.7 Å². The van der Waals surface area contributed by atoms with Gasteiger partial charge in [0.25, 0.3) is 5.91 Å². The van der Waals surface area contributed by atoms with Crippen LogP contribution >= 0.6 is 0 Å². The summed E-state index contributed by atoms with van der Waals surface area (Å²) in [4.78, 5) is 29.4. The number of halogens is 2. The number of carbonyl (C=O) groups is 2. The zero-order valence-corrected chi connectivity index (χ0v) is 13.3. The van der Waals surface area contributed by atoms with Crippen LogP contribution in [0.1, 0.15) is 29.7 Å². The first-order valence-corrected chi connectivity index (χ1v) is 7.31. The van der Waals surface area contributed by atoms with Gasteiger partial charge in [-0.2, -0.15) is 8.78 Å². The maximum atomic E-state index is 12.8. The number of benzene rings is 1. The first-order chi connectivity index (χ1) is 11.4. The summed E-state index contributed by atoms with van der Waals surface area (Å²) in [6.45, 7) is -1.26. The molecule has 0 saturated carbocycles. The molecule has 2 amide bonds. The van der Waals surface area contributed by atoms with Crippen molar-refractivity contribution in [2.45, 2.75) is 26.1 Å². The molecular formula is C16H18F2N4O2. The van der Waals surface area contributed by atoms with Gasteiger partial charge in [-0.25, -0.2) is 4.98 Å². The largest absolute Gasteiger partial charge is 0.341 e. The van der Waals surface area contributed by atoms with Crippen LogP contribution in [-0.2, 0) is 11.3 Å². The highest BCUT2D eigenvalue weighted by Gasteiger charge is 2.22. The van der Waals surface area contributed by atoms with Crippen molar-refractivity contribution in [3.63, 3.8) is 0 Å². The van der Waals surface area contributed by atoms with Crippen molar-refractivity contribution >= 4 is 11.8 Å². The Hall–Kier alpha value is -2.77. The van der Waals surface area contributed by atoms with Gasteiger partial charge in [-0.3, -0.25) is 14.2 Å². The summed E-state index contributed by atoms with van der Waals surface area (Å²) in [5.74, 6) is -0.704. The van der Waals surface area contributed by atoms with Crippen molar-refractivity contribution < 1.29 is 18.4 Å². The van der Waals surface area contributed by atoms with E-state index in [2.05, 4.69) is 10.3 Å². The molecule has 2 rings (SSSR count). The molecule has 0 aliphatic heterocycles. The average molecular weight is 336 g/mol. The minimum absolute atomic E-state index is 0.0717. The molecule has 1 unspecified atom stereocenters. The Morgan fingerprint density at radius 3 is 2.58 bits per heavy atom. The molecule has 2 aromatic rings. The summed E-state index contributed by atoms with van der Waals surface area (Å²) in [5, 5.41) is 2.59. The molecule has 1 aromatic carbocycles. The molecule has 0 aliphatic rings. The molecule has 0 spiro atoms. The Morgan fingerprint density at radius 2 is 1.96 bits per heavy atom. The van der Waals surface area contributed by atoms with Crippen LogP contribution in [0.3, 0.4) is 0 Å². The van der Waals surface area contributed by atoms with Crippen LogP contribution in [0.5, 0.6) is 0 Å². The molecule has 24 heavy (non-hydrogen) atoms. The molecule has 0 fully saturated rings. The monoisotopic (exact) mass is 336 g/mol. The standard InChI is InChI=1S/C16H18F2N4O2/c1-11(20-14(23)12-6-4-3-5-7-12)15(24)21(2)10-13-19-8-9-22(13)16(17)18/h3-9,11,16H,10H2,1-2H3,(H,20,23). The minimum atomic E-state index is -2.72. The topological polar surface area (TPSA) is 67.2 Å². The van der Waals surface area contributed by atoms with Crippen LogP contribution in [0.2, 0.25) is 0 Å². The molecule has 128 valence electrons. The van der Waals surface area contributed by atoms with Gasteiger partial charge in [0.05, 0.1) is 6.54 Å². The molecule has 1 heterocycles. The minimum Gasteiger partial charge on any atom is -0.341 e. The molecule has 6 nitrogen and oxygen atoms in total. The fourth-order valence-corrected chi connectivity index (χ4v) is 2.20. The average Bonchev–Trinajstić information content (AvgIpc) is 3.03. The number of amides is 2. The lowest BCUT2D eigenvalue weighted by atomic mass is 10.2. The van der Waals surface area contributed by atoms with E-state index in [0.717, 1.165) is 6.20 Å². The van der Waals surface area contributed by atoms with E-state index in [1.165, 1.54) is 18.1 Å². The van der Waals surface area contributed by atoms with Gasteiger partial charge in [0.15, 0.2) is 0 Å². The van der Waals surface area contributed by atoms with Crippen LogP contribution in [0, 0.1) is 0 Å². The van der Waals surface area contributed by atoms with Crippen molar-refractivity contribution in [1.82, 2.24) is 19.8 Å². The number of nitrogens with zero attached hydrogens (tertiary/aromatic N) is 3. The molecule has 1 aromatic heterocycles. The number of alkyl halides is 2. The van der Waals surface area contributed by atoms with Gasteiger partial charge in [0.2, 0.25) is 5.91 Å². The summed E-state index contributed by atoms with van der Waals surface area (Å²) >= 11 is 0. The van der Waals surface area contributed by atoms with Gasteiger partial charge in [0.1, 0.15) is 11.9 Å². The summed E-state index contributed by atoms with van der Waals surface area (Å²) < 4.78 is 26.3. The van der Waals surface area contributed by atoms with Gasteiger partial charge >= 0.3 is 6.55 Å². The van der Waals surface area contributed by atoms with Crippen molar-refractivity contribution in [2.24, 2.45) is 0 Å². The number of rotatable bonds is 6. The third-order valence-electron chi connectivity index (χ3n) is 3.47. The fraction of sp³-hybridized carbons (Fsp3) is 0.312. The second-order valence-electron chi connectivity index (χ2n) is 5.28. The van der Waals surface area contributed by atoms with E-state index in [0.29, 0.717) is 10.1 Å². The quantitative estimate of drug-likeness (QED) is 0.878. The van der Waals surface area contributed by atoms with Crippen molar-refractivity contribution in [2.75, 3.05) is 7.05 Å². The summed E-state index contributed by atoms with van der Waals surface area (Å²) in [7, 11) is 1.47. The van der Waals surface area contributed by atoms with E-state index >= 15 is 0 Å². The van der Waals surface area contributed by atoms with Gasteiger partial charge in [0, 0.05) is 25.0 Å². The van der Waals surface area contributed by atoms with Gasteiger partial charge in [-0.15, -0.1) is 0 Å². The molecule has 8 heteroatoms. The molecule has 0 aliphatic carbocycles. The second kappa shape index (κ2) is 7.67. The highest BCUT2D eigenvalue weighted by Crippen LogP contribution is 2.13. The lowest BCUT2D eigenvalue weighted by Gasteiger charge is -2.22. The fourth-order valence-electron chi connectivity index (χ4n) is 2.20. The lowest BCUT2D eigenvalue weighted by Crippen LogP contribution is -2.45. The number of likely N-dealkylation sites (N-methyl/N-ethyl adjacent to an activating group) is 1. The maximum absolute atomic E-state index is 12.8. The third-order valence-corrected chi connectivity index (χ3v) is 3.47. The molecule has 0 saturated heterocycles. The van der Waals surface area contributed by atoms with Crippen LogP contribution in [0.25, 0.3) is 0 Å². The summed E-state index contributed by atoms with van der Waals surface area (Å²) in [5.41, 5.74) is 0.438. The highest BCUT2D eigenvalue weighted by atomic mass is 19.3. The zero-order chi connectivity index (χ0) is 17.7. The summed E-state index contributed by atoms with van der Waals surface area (Å²) in [6, 6.07) is 7.70. The smallest absolute Gasteiger partial charge is 0.319 e. The number of hydrogen-bond donors (Lipinski definition) is 1. The third kappa shape index (κ3) is 4.15. The number of imidazole rings is 1. The molecule has 0 radical (unpaired) electrons. The zero-order valence-electron chi connectivity index (χ0n) is 13.3. The van der Waals surface area contributed by atoms with Crippen LogP contribution in [-0.4, -0.2) is 39.4 Å². The number of nitrogens with one attached hydrogen (secondary N) is 1. The number of aromatic nitrogens is 2. The first-order valence-electron chi connectivity index (χ1n) is 7.31. The van der Waals surface area contributed by atoms with E-state index in [-0.39, 0.29) is 18.3 Å². The molecule has 1 N–H and O–H groups in total. The number of carbonyl (C=O) groups excluding carboxylic acids is 2. The predicted molar refractivity (Wildman–Crippen MR) is 83.3 cm³/mol. The Balaban J connectivity index is 1.97. The highest BCUT2D eigenvalue weighted by molar-refractivity contribution is 5.97. The molecule has 1 atom stereocenters. The lowest BCUT2D eigenvalue weighted by molar-refractivity contribution is -0.132. The van der Waals surface area contributed by atoms with Crippen LogP contribution in [0.4, 0.5) is 8.78 Å². The molecule has 0 bridgehead atoms. The molecular weight excluding hydrogens is 318 g/mol. The van der Waals surface area contributed by atoms with Crippen molar-refractivity contribution in [3.05, 3.63) is 54.1 Å². The van der Waals surface area contributed by atoms with Gasteiger partial charge < -0.3 is 10.2 Å². The number of hydrogen-bond acceptors (Lipinski definition) is 3. The van der Waals surface area contributed by atoms with Crippen molar-refractivity contribution in [3.8, 4) is 0 Å². The maximum Gasteiger partial charge on any atom is 0.319 e. The predicted octanol–water partition coefficient (Wildman–Crippen LogP) is 2.06. The Kier molecular flexibility index (Phi) is 5.62. The first kappa shape index (κ1) is 17.6. The van der Waals surface area contributed by atoms with E-state index < -0.39 is 18.5 Å². The van der Waals surface area contributed by atoms with E-state index in [1.54, 1.807) is 37.3 Å². The van der Waals surface area contributed by atoms with Crippen molar-refractivity contribution in [1.29, 1.82) is 0 Å². The van der Waals surface area contributed by atoms with Gasteiger partial charge in [-0.1, -0.05) is 18.2 Å². The van der Waals surface area contributed by atoms with Gasteiger partial charge in [-0.05, 0) is 19.1 Å². The Bertz CT molecular complexity index is 703. The summed E-state index contributed by atoms with van der Waals surface area (Å²) in [6.07, 6.45) is 2.40.